The molecular formula is C17H23FO. The maximum Gasteiger partial charge on any atom is 0.136 e. The van der Waals surface area contributed by atoms with Crippen molar-refractivity contribution in [2.75, 3.05) is 0 Å². The Bertz CT molecular complexity index is 447. The summed E-state index contributed by atoms with van der Waals surface area (Å²) in [6.07, 6.45) is 3.69. The molecule has 19 heavy (non-hydrogen) atoms. The first-order chi connectivity index (χ1) is 8.88. The van der Waals surface area contributed by atoms with Gasteiger partial charge < -0.3 is 0 Å². The van der Waals surface area contributed by atoms with Crippen molar-refractivity contribution in [2.24, 2.45) is 17.3 Å². The number of hydrogen-bond donors (Lipinski definition) is 0. The zero-order valence-corrected chi connectivity index (χ0v) is 12.1. The van der Waals surface area contributed by atoms with Crippen molar-refractivity contribution >= 4 is 5.78 Å². The van der Waals surface area contributed by atoms with Crippen LogP contribution < -0.4 is 0 Å². The third-order valence-corrected chi connectivity index (χ3v) is 4.40. The van der Waals surface area contributed by atoms with Crippen molar-refractivity contribution in [1.82, 2.24) is 0 Å². The first-order valence-corrected chi connectivity index (χ1v) is 7.15. The fraction of sp³-hybridized carbons (Fsp3) is 0.588. The molecule has 1 saturated carbocycles. The quantitative estimate of drug-likeness (QED) is 0.789. The molecule has 1 aliphatic carbocycles. The lowest BCUT2D eigenvalue weighted by molar-refractivity contribution is -0.129. The molecule has 2 unspecified atom stereocenters. The fourth-order valence-corrected chi connectivity index (χ4v) is 3.28. The second kappa shape index (κ2) is 5.44. The summed E-state index contributed by atoms with van der Waals surface area (Å²) >= 11 is 0. The van der Waals surface area contributed by atoms with Gasteiger partial charge in [0.15, 0.2) is 0 Å². The number of carbonyl (C=O) groups is 1. The summed E-state index contributed by atoms with van der Waals surface area (Å²) in [4.78, 5) is 12.2. The normalized spacial score (nSPS) is 24.5. The van der Waals surface area contributed by atoms with Crippen molar-refractivity contribution in [3.63, 3.8) is 0 Å². The average Bonchev–Trinajstić information content (AvgIpc) is 2.31. The molecule has 104 valence electrons. The molecule has 2 atom stereocenters. The molecule has 2 rings (SSSR count). The van der Waals surface area contributed by atoms with Crippen LogP contribution in [-0.2, 0) is 11.2 Å². The van der Waals surface area contributed by atoms with Gasteiger partial charge in [-0.2, -0.15) is 0 Å². The minimum atomic E-state index is -0.205. The summed E-state index contributed by atoms with van der Waals surface area (Å²) in [5.74, 6) is 0.883. The third-order valence-electron chi connectivity index (χ3n) is 4.40. The van der Waals surface area contributed by atoms with Crippen LogP contribution in [-0.4, -0.2) is 5.78 Å². The topological polar surface area (TPSA) is 17.1 Å². The van der Waals surface area contributed by atoms with Gasteiger partial charge in [-0.15, -0.1) is 0 Å². The molecule has 0 saturated heterocycles. The predicted molar refractivity (Wildman–Crippen MR) is 75.4 cm³/mol. The van der Waals surface area contributed by atoms with Crippen LogP contribution in [0.4, 0.5) is 4.39 Å². The van der Waals surface area contributed by atoms with E-state index in [1.165, 1.54) is 12.1 Å². The summed E-state index contributed by atoms with van der Waals surface area (Å²) < 4.78 is 12.9. The number of rotatable bonds is 3. The van der Waals surface area contributed by atoms with E-state index < -0.39 is 0 Å². The molecule has 0 N–H and O–H groups in total. The lowest BCUT2D eigenvalue weighted by Gasteiger charge is -2.37. The van der Waals surface area contributed by atoms with Crippen molar-refractivity contribution in [1.29, 1.82) is 0 Å². The number of halogens is 1. The van der Waals surface area contributed by atoms with E-state index in [-0.39, 0.29) is 17.2 Å². The average molecular weight is 262 g/mol. The predicted octanol–water partition coefficient (Wildman–Crippen LogP) is 4.40. The number of ketones is 1. The number of carbonyl (C=O) groups excluding carboxylic acids is 1. The van der Waals surface area contributed by atoms with Gasteiger partial charge in [-0.1, -0.05) is 32.9 Å². The lowest BCUT2D eigenvalue weighted by Crippen LogP contribution is -2.36. The number of Topliss-reactive ketones (excluding diaryl/α,β-unsaturated/α-hetero) is 1. The second-order valence-electron chi connectivity index (χ2n) is 6.70. The number of benzene rings is 1. The zero-order valence-electron chi connectivity index (χ0n) is 12.1. The Labute approximate surface area is 115 Å². The first-order valence-electron chi connectivity index (χ1n) is 7.15. The molecule has 1 aromatic rings. The van der Waals surface area contributed by atoms with Crippen molar-refractivity contribution in [3.8, 4) is 0 Å². The van der Waals surface area contributed by atoms with Gasteiger partial charge in [0, 0.05) is 12.3 Å². The molecule has 0 aliphatic heterocycles. The molecule has 1 aliphatic rings. The molecule has 1 nitrogen and oxygen atoms in total. The standard InChI is InChI=1S/C17H23FO/c1-12-4-9-15(16(19)10-12)17(2,3)11-13-5-7-14(18)8-6-13/h5-8,12,15H,4,9-11H2,1-3H3. The molecule has 0 amide bonds. The molecule has 0 radical (unpaired) electrons. The summed E-state index contributed by atoms with van der Waals surface area (Å²) in [6.45, 7) is 6.48. The molecule has 2 heteroatoms. The summed E-state index contributed by atoms with van der Waals surface area (Å²) in [5, 5.41) is 0. The van der Waals surface area contributed by atoms with E-state index >= 15 is 0 Å². The van der Waals surface area contributed by atoms with E-state index in [2.05, 4.69) is 20.8 Å². The fourth-order valence-electron chi connectivity index (χ4n) is 3.28. The van der Waals surface area contributed by atoms with Gasteiger partial charge in [-0.3, -0.25) is 4.79 Å². The highest BCUT2D eigenvalue weighted by Gasteiger charge is 2.37. The zero-order chi connectivity index (χ0) is 14.0. The van der Waals surface area contributed by atoms with E-state index in [1.807, 2.05) is 12.1 Å². The molecule has 0 spiro atoms. The SMILES string of the molecule is CC1CCC(C(C)(C)Cc2ccc(F)cc2)C(=O)C1. The van der Waals surface area contributed by atoms with Gasteiger partial charge in [0.25, 0.3) is 0 Å². The van der Waals surface area contributed by atoms with Gasteiger partial charge in [-0.05, 0) is 48.3 Å². The molecule has 0 heterocycles. The van der Waals surface area contributed by atoms with Crippen LogP contribution in [0.2, 0.25) is 0 Å². The van der Waals surface area contributed by atoms with Crippen molar-refractivity contribution in [2.45, 2.75) is 46.5 Å². The highest BCUT2D eigenvalue weighted by atomic mass is 19.1. The van der Waals surface area contributed by atoms with Crippen LogP contribution in [0.3, 0.4) is 0 Å². The Balaban J connectivity index is 2.09. The monoisotopic (exact) mass is 262 g/mol. The first kappa shape index (κ1) is 14.2. The van der Waals surface area contributed by atoms with Crippen LogP contribution in [0.25, 0.3) is 0 Å². The van der Waals surface area contributed by atoms with Crippen molar-refractivity contribution in [3.05, 3.63) is 35.6 Å². The van der Waals surface area contributed by atoms with Crippen LogP contribution in [0, 0.1) is 23.1 Å². The molecule has 1 aromatic carbocycles. The van der Waals surface area contributed by atoms with Crippen molar-refractivity contribution < 1.29 is 9.18 Å². The molecule has 0 aromatic heterocycles. The molecule has 1 fully saturated rings. The van der Waals surface area contributed by atoms with E-state index in [1.54, 1.807) is 0 Å². The highest BCUT2D eigenvalue weighted by molar-refractivity contribution is 5.82. The second-order valence-corrected chi connectivity index (χ2v) is 6.70. The molecule has 0 bridgehead atoms. The summed E-state index contributed by atoms with van der Waals surface area (Å²) in [5.41, 5.74) is 1.06. The maximum atomic E-state index is 12.9. The van der Waals surface area contributed by atoms with E-state index in [0.717, 1.165) is 31.2 Å². The minimum Gasteiger partial charge on any atom is -0.299 e. The van der Waals surface area contributed by atoms with Crippen LogP contribution in [0.5, 0.6) is 0 Å². The Hall–Kier alpha value is -1.18. The minimum absolute atomic E-state index is 0.0466. The van der Waals surface area contributed by atoms with Crippen LogP contribution >= 0.6 is 0 Å². The van der Waals surface area contributed by atoms with E-state index in [9.17, 15) is 9.18 Å². The molecular weight excluding hydrogens is 239 g/mol. The van der Waals surface area contributed by atoms with E-state index in [4.69, 9.17) is 0 Å². The highest BCUT2D eigenvalue weighted by Crippen LogP contribution is 2.40. The van der Waals surface area contributed by atoms with Gasteiger partial charge in [-0.25, -0.2) is 4.39 Å². The number of hydrogen-bond acceptors (Lipinski definition) is 1. The maximum absolute atomic E-state index is 12.9. The smallest absolute Gasteiger partial charge is 0.136 e. The Morgan fingerprint density at radius 1 is 1.21 bits per heavy atom. The van der Waals surface area contributed by atoms with Gasteiger partial charge in [0.2, 0.25) is 0 Å². The summed E-state index contributed by atoms with van der Waals surface area (Å²) in [6, 6.07) is 6.65. The van der Waals surface area contributed by atoms with Gasteiger partial charge in [0.05, 0.1) is 0 Å². The van der Waals surface area contributed by atoms with Gasteiger partial charge in [0.1, 0.15) is 11.6 Å². The van der Waals surface area contributed by atoms with Crippen LogP contribution in [0.1, 0.15) is 45.6 Å². The third kappa shape index (κ3) is 3.43. The Morgan fingerprint density at radius 2 is 1.84 bits per heavy atom. The Morgan fingerprint density at radius 3 is 2.42 bits per heavy atom. The lowest BCUT2D eigenvalue weighted by atomic mass is 9.66. The van der Waals surface area contributed by atoms with Crippen LogP contribution in [0.15, 0.2) is 24.3 Å². The largest absolute Gasteiger partial charge is 0.299 e. The Kier molecular flexibility index (Phi) is 4.07. The van der Waals surface area contributed by atoms with Gasteiger partial charge >= 0.3 is 0 Å². The summed E-state index contributed by atoms with van der Waals surface area (Å²) in [7, 11) is 0. The van der Waals surface area contributed by atoms with E-state index in [0.29, 0.717) is 11.7 Å².